The molecule has 2 N–H and O–H groups in total. The fourth-order valence-electron chi connectivity index (χ4n) is 2.00. The zero-order valence-electron chi connectivity index (χ0n) is 11.8. The van der Waals surface area contributed by atoms with E-state index in [1.807, 2.05) is 33.8 Å². The summed E-state index contributed by atoms with van der Waals surface area (Å²) < 4.78 is 12.1. The number of aryl methyl sites for hydroxylation is 1. The van der Waals surface area contributed by atoms with Gasteiger partial charge in [-0.3, -0.25) is 0 Å². The van der Waals surface area contributed by atoms with Crippen molar-refractivity contribution in [3.8, 4) is 0 Å². The van der Waals surface area contributed by atoms with E-state index in [9.17, 15) is 0 Å². The molecule has 1 fully saturated rings. The van der Waals surface area contributed by atoms with Gasteiger partial charge in [-0.05, 0) is 40.2 Å². The van der Waals surface area contributed by atoms with Gasteiger partial charge in [0.2, 0.25) is 0 Å². The van der Waals surface area contributed by atoms with E-state index in [4.69, 9.17) is 15.0 Å². The molecule has 0 amide bonds. The molecule has 1 aliphatic rings. The topological polar surface area (TPSA) is 57.4 Å². The van der Waals surface area contributed by atoms with E-state index in [0.717, 1.165) is 17.6 Å². The second kappa shape index (κ2) is 4.25. The van der Waals surface area contributed by atoms with Crippen molar-refractivity contribution in [1.29, 1.82) is 0 Å². The van der Waals surface area contributed by atoms with Gasteiger partial charge in [-0.15, -0.1) is 0 Å². The Kier molecular flexibility index (Phi) is 3.15. The Bertz CT molecular complexity index is 444. The van der Waals surface area contributed by atoms with Crippen LogP contribution in [0.1, 0.15) is 40.3 Å². The highest BCUT2D eigenvalue weighted by Gasteiger charge is 2.52. The Hall–Kier alpha value is -1.07. The van der Waals surface area contributed by atoms with E-state index < -0.39 is 0 Å². The first-order chi connectivity index (χ1) is 8.27. The van der Waals surface area contributed by atoms with E-state index in [2.05, 4.69) is 11.9 Å². The van der Waals surface area contributed by atoms with Crippen LogP contribution in [0, 0.1) is 0 Å². The molecule has 0 unspecified atom stereocenters. The van der Waals surface area contributed by atoms with Gasteiger partial charge in [-0.2, -0.15) is 0 Å². The molecule has 0 aliphatic carbocycles. The molecular weight excluding hydrogens is 227 g/mol. The molecule has 2 rings (SSSR count). The van der Waals surface area contributed by atoms with E-state index in [1.54, 1.807) is 6.07 Å². The predicted octanol–water partition coefficient (Wildman–Crippen LogP) is 1.53. The molecule has 1 aromatic rings. The minimum atomic E-state index is -0.363. The third kappa shape index (κ3) is 2.13. The van der Waals surface area contributed by atoms with Crippen molar-refractivity contribution in [3.63, 3.8) is 0 Å². The molecule has 1 saturated heterocycles. The molecule has 0 radical (unpaired) electrons. The average Bonchev–Trinajstić information content (AvgIpc) is 2.47. The first kappa shape index (κ1) is 13.4. The third-order valence-corrected chi connectivity index (χ3v) is 3.87. The van der Waals surface area contributed by atoms with Gasteiger partial charge in [0.15, 0.2) is 0 Å². The molecule has 0 aromatic carbocycles. The highest BCUT2D eigenvalue weighted by molar-refractivity contribution is 6.62. The molecule has 2 heterocycles. The predicted molar refractivity (Wildman–Crippen MR) is 73.7 cm³/mol. The first-order valence-corrected chi connectivity index (χ1v) is 6.38. The quantitative estimate of drug-likeness (QED) is 0.806. The maximum atomic E-state index is 6.03. The molecule has 0 bridgehead atoms. The Labute approximate surface area is 109 Å². The van der Waals surface area contributed by atoms with E-state index in [-0.39, 0.29) is 18.3 Å². The number of rotatable bonds is 2. The van der Waals surface area contributed by atoms with Crippen molar-refractivity contribution in [2.45, 2.75) is 52.2 Å². The highest BCUT2D eigenvalue weighted by Crippen LogP contribution is 2.36. The normalized spacial score (nSPS) is 21.3. The van der Waals surface area contributed by atoms with E-state index in [0.29, 0.717) is 5.82 Å². The molecule has 5 heteroatoms. The van der Waals surface area contributed by atoms with Crippen LogP contribution in [-0.4, -0.2) is 23.3 Å². The van der Waals surface area contributed by atoms with Crippen molar-refractivity contribution in [2.75, 3.05) is 5.73 Å². The van der Waals surface area contributed by atoms with Crippen molar-refractivity contribution in [2.24, 2.45) is 0 Å². The molecule has 1 aromatic heterocycles. The number of anilines is 1. The first-order valence-electron chi connectivity index (χ1n) is 6.38. The second-order valence-electron chi connectivity index (χ2n) is 5.71. The fourth-order valence-corrected chi connectivity index (χ4v) is 2.00. The van der Waals surface area contributed by atoms with Crippen molar-refractivity contribution < 1.29 is 9.31 Å². The summed E-state index contributed by atoms with van der Waals surface area (Å²) >= 11 is 0. The van der Waals surface area contributed by atoms with Crippen molar-refractivity contribution >= 4 is 18.4 Å². The van der Waals surface area contributed by atoms with Crippen LogP contribution in [0.3, 0.4) is 0 Å². The van der Waals surface area contributed by atoms with Crippen molar-refractivity contribution in [3.05, 3.63) is 17.8 Å². The van der Waals surface area contributed by atoms with Gasteiger partial charge in [0.05, 0.1) is 11.2 Å². The lowest BCUT2D eigenvalue weighted by molar-refractivity contribution is 0.00578. The number of aromatic nitrogens is 1. The Balaban J connectivity index is 2.35. The number of nitrogens with zero attached hydrogens (tertiary/aromatic N) is 1. The molecule has 1 aliphatic heterocycles. The van der Waals surface area contributed by atoms with Crippen LogP contribution >= 0.6 is 0 Å². The minimum absolute atomic E-state index is 0.329. The van der Waals surface area contributed by atoms with Crippen molar-refractivity contribution in [1.82, 2.24) is 4.98 Å². The average molecular weight is 248 g/mol. The van der Waals surface area contributed by atoms with Crippen LogP contribution < -0.4 is 11.2 Å². The summed E-state index contributed by atoms with van der Waals surface area (Å²) in [5.41, 5.74) is 6.97. The lowest BCUT2D eigenvalue weighted by Gasteiger charge is -2.32. The molecular formula is C13H21BN2O2. The van der Waals surface area contributed by atoms with Gasteiger partial charge in [-0.25, -0.2) is 4.98 Å². The largest absolute Gasteiger partial charge is 0.496 e. The van der Waals surface area contributed by atoms with Crippen LogP contribution in [0.4, 0.5) is 5.82 Å². The van der Waals surface area contributed by atoms with Crippen LogP contribution in [0.5, 0.6) is 0 Å². The zero-order valence-corrected chi connectivity index (χ0v) is 11.8. The maximum Gasteiger partial charge on any atom is 0.496 e. The van der Waals surface area contributed by atoms with Gasteiger partial charge in [0, 0.05) is 11.2 Å². The number of hydrogen-bond donors (Lipinski definition) is 1. The van der Waals surface area contributed by atoms with Crippen LogP contribution in [0.2, 0.25) is 0 Å². The van der Waals surface area contributed by atoms with E-state index in [1.165, 1.54) is 0 Å². The monoisotopic (exact) mass is 248 g/mol. The summed E-state index contributed by atoms with van der Waals surface area (Å²) in [7, 11) is -0.363. The molecule has 0 atom stereocenters. The zero-order chi connectivity index (χ0) is 13.6. The summed E-state index contributed by atoms with van der Waals surface area (Å²) in [5.74, 6) is 0.534. The number of pyridine rings is 1. The Morgan fingerprint density at radius 1 is 1.17 bits per heavy atom. The summed E-state index contributed by atoms with van der Waals surface area (Å²) in [6, 6.07) is 3.74. The van der Waals surface area contributed by atoms with Crippen LogP contribution in [0.25, 0.3) is 0 Å². The fraction of sp³-hybridized carbons (Fsp3) is 0.615. The third-order valence-electron chi connectivity index (χ3n) is 3.87. The lowest BCUT2D eigenvalue weighted by atomic mass is 9.77. The summed E-state index contributed by atoms with van der Waals surface area (Å²) in [4.78, 5) is 4.35. The number of nitrogens with two attached hydrogens (primary N) is 1. The van der Waals surface area contributed by atoms with Gasteiger partial charge in [0.25, 0.3) is 0 Å². The number of nitrogen functional groups attached to an aromatic ring is 1. The molecule has 0 saturated carbocycles. The molecule has 0 spiro atoms. The summed E-state index contributed by atoms with van der Waals surface area (Å²) in [6.45, 7) is 10.2. The Morgan fingerprint density at radius 2 is 1.72 bits per heavy atom. The SMILES string of the molecule is CCc1nc(N)ccc1B1OC(C)(C)C(C)(C)O1. The van der Waals surface area contributed by atoms with E-state index >= 15 is 0 Å². The minimum Gasteiger partial charge on any atom is -0.399 e. The summed E-state index contributed by atoms with van der Waals surface area (Å²) in [6.07, 6.45) is 0.810. The molecule has 98 valence electrons. The highest BCUT2D eigenvalue weighted by atomic mass is 16.7. The van der Waals surface area contributed by atoms with Gasteiger partial charge >= 0.3 is 7.12 Å². The number of hydrogen-bond acceptors (Lipinski definition) is 4. The molecule has 4 nitrogen and oxygen atoms in total. The second-order valence-corrected chi connectivity index (χ2v) is 5.71. The van der Waals surface area contributed by atoms with Crippen LogP contribution in [0.15, 0.2) is 12.1 Å². The Morgan fingerprint density at radius 3 is 2.22 bits per heavy atom. The maximum absolute atomic E-state index is 6.03. The molecule has 18 heavy (non-hydrogen) atoms. The van der Waals surface area contributed by atoms with Crippen LogP contribution in [-0.2, 0) is 15.7 Å². The van der Waals surface area contributed by atoms with Gasteiger partial charge in [0.1, 0.15) is 5.82 Å². The van der Waals surface area contributed by atoms with Gasteiger partial charge in [-0.1, -0.05) is 13.0 Å². The lowest BCUT2D eigenvalue weighted by Crippen LogP contribution is -2.41. The van der Waals surface area contributed by atoms with Gasteiger partial charge < -0.3 is 15.0 Å². The smallest absolute Gasteiger partial charge is 0.399 e. The standard InChI is InChI=1S/C13H21BN2O2/c1-6-10-9(7-8-11(15)16-10)14-17-12(2,3)13(4,5)18-14/h7-8H,6H2,1-5H3,(H2,15,16). The summed E-state index contributed by atoms with van der Waals surface area (Å²) in [5, 5.41) is 0.